The lowest BCUT2D eigenvalue weighted by Gasteiger charge is -2.14. The van der Waals surface area contributed by atoms with Crippen molar-refractivity contribution in [1.82, 2.24) is 19.5 Å². The zero-order valence-electron chi connectivity index (χ0n) is 21.8. The molecule has 4 aromatic rings. The van der Waals surface area contributed by atoms with Gasteiger partial charge in [-0.3, -0.25) is 0 Å². The molecule has 0 amide bonds. The van der Waals surface area contributed by atoms with Crippen molar-refractivity contribution < 1.29 is 14.2 Å². The minimum absolute atomic E-state index is 0.251. The van der Waals surface area contributed by atoms with E-state index in [9.17, 15) is 0 Å². The third-order valence-electron chi connectivity index (χ3n) is 6.47. The lowest BCUT2D eigenvalue weighted by atomic mass is 9.97. The van der Waals surface area contributed by atoms with E-state index in [1.807, 2.05) is 35.0 Å². The van der Waals surface area contributed by atoms with Gasteiger partial charge in [0.2, 0.25) is 5.75 Å². The van der Waals surface area contributed by atoms with Crippen molar-refractivity contribution in [2.24, 2.45) is 0 Å². The molecule has 1 N–H and O–H groups in total. The Morgan fingerprint density at radius 3 is 2.38 bits per heavy atom. The number of allylic oxidation sites excluding steroid dienone is 1. The maximum Gasteiger partial charge on any atom is 0.203 e. The predicted octanol–water partition coefficient (Wildman–Crippen LogP) is 5.93. The van der Waals surface area contributed by atoms with E-state index in [1.165, 1.54) is 5.56 Å². The Balaban J connectivity index is 1.51. The Hall–Kier alpha value is -4.33. The Morgan fingerprint density at radius 2 is 1.73 bits per heavy atom. The zero-order valence-corrected chi connectivity index (χ0v) is 21.8. The predicted molar refractivity (Wildman–Crippen MR) is 144 cm³/mol. The number of aromatic nitrogens is 4. The average Bonchev–Trinajstić information content (AvgIpc) is 3.55. The van der Waals surface area contributed by atoms with Crippen molar-refractivity contribution >= 4 is 17.7 Å². The SMILES string of the molecule is COc1cc(-n2cnc(Nc3nc(C=C(C)C)nc4c3CCC4c3ccccc3)c2)cc(OC)c1OC. The van der Waals surface area contributed by atoms with Crippen molar-refractivity contribution in [2.45, 2.75) is 32.6 Å². The second kappa shape index (κ2) is 10.3. The lowest BCUT2D eigenvalue weighted by Crippen LogP contribution is -2.06. The van der Waals surface area contributed by atoms with E-state index < -0.39 is 0 Å². The number of hydrogen-bond donors (Lipinski definition) is 1. The minimum atomic E-state index is 0.251. The van der Waals surface area contributed by atoms with Gasteiger partial charge in [0, 0.05) is 23.6 Å². The largest absolute Gasteiger partial charge is 0.493 e. The van der Waals surface area contributed by atoms with Gasteiger partial charge < -0.3 is 24.1 Å². The Bertz CT molecular complexity index is 1420. The second-order valence-electron chi connectivity index (χ2n) is 9.19. The van der Waals surface area contributed by atoms with Crippen LogP contribution in [0.15, 0.2) is 60.6 Å². The first kappa shape index (κ1) is 24.4. The number of benzene rings is 2. The molecule has 0 saturated heterocycles. The molecule has 8 nitrogen and oxygen atoms in total. The quantitative estimate of drug-likeness (QED) is 0.323. The highest BCUT2D eigenvalue weighted by Crippen LogP contribution is 2.41. The molecule has 1 atom stereocenters. The molecule has 0 radical (unpaired) electrons. The molecule has 2 heterocycles. The van der Waals surface area contributed by atoms with Crippen molar-refractivity contribution in [2.75, 3.05) is 26.6 Å². The first-order valence-corrected chi connectivity index (χ1v) is 12.2. The monoisotopic (exact) mass is 497 g/mol. The fourth-order valence-electron chi connectivity index (χ4n) is 4.78. The van der Waals surface area contributed by atoms with Gasteiger partial charge in [0.25, 0.3) is 0 Å². The number of methoxy groups -OCH3 is 3. The Labute approximate surface area is 217 Å². The third-order valence-corrected chi connectivity index (χ3v) is 6.47. The fourth-order valence-corrected chi connectivity index (χ4v) is 4.78. The van der Waals surface area contributed by atoms with Gasteiger partial charge in [-0.25, -0.2) is 15.0 Å². The van der Waals surface area contributed by atoms with Crippen molar-refractivity contribution in [1.29, 1.82) is 0 Å². The molecule has 5 rings (SSSR count). The normalized spacial score (nSPS) is 14.1. The van der Waals surface area contributed by atoms with E-state index in [-0.39, 0.29) is 5.92 Å². The van der Waals surface area contributed by atoms with E-state index in [1.54, 1.807) is 27.7 Å². The molecule has 0 aliphatic heterocycles. The molecule has 37 heavy (non-hydrogen) atoms. The molecule has 0 fully saturated rings. The highest BCUT2D eigenvalue weighted by molar-refractivity contribution is 5.63. The minimum Gasteiger partial charge on any atom is -0.493 e. The van der Waals surface area contributed by atoms with Crippen LogP contribution in [0.4, 0.5) is 11.6 Å². The van der Waals surface area contributed by atoms with Crippen LogP contribution in [0.2, 0.25) is 0 Å². The first-order valence-electron chi connectivity index (χ1n) is 12.2. The number of anilines is 2. The van der Waals surface area contributed by atoms with Crippen molar-refractivity contribution in [3.63, 3.8) is 0 Å². The molecule has 2 aromatic heterocycles. The molecule has 1 unspecified atom stereocenters. The number of imidazole rings is 1. The summed E-state index contributed by atoms with van der Waals surface area (Å²) in [5.41, 5.74) is 5.48. The molecule has 2 aromatic carbocycles. The van der Waals surface area contributed by atoms with Gasteiger partial charge in [0.05, 0.1) is 38.9 Å². The van der Waals surface area contributed by atoms with Crippen LogP contribution in [-0.2, 0) is 6.42 Å². The van der Waals surface area contributed by atoms with Gasteiger partial charge in [-0.15, -0.1) is 0 Å². The summed E-state index contributed by atoms with van der Waals surface area (Å²) >= 11 is 0. The first-order chi connectivity index (χ1) is 18.0. The van der Waals surface area contributed by atoms with Crippen LogP contribution in [0, 0.1) is 0 Å². The van der Waals surface area contributed by atoms with E-state index in [0.717, 1.165) is 41.2 Å². The van der Waals surface area contributed by atoms with Crippen molar-refractivity contribution in [3.05, 3.63) is 83.2 Å². The zero-order chi connectivity index (χ0) is 25.9. The number of nitrogens with one attached hydrogen (secondary N) is 1. The molecule has 0 bridgehead atoms. The van der Waals surface area contributed by atoms with Gasteiger partial charge in [0.15, 0.2) is 17.3 Å². The third kappa shape index (κ3) is 4.87. The Kier molecular flexibility index (Phi) is 6.81. The number of ether oxygens (including phenoxy) is 3. The van der Waals surface area contributed by atoms with Crippen LogP contribution < -0.4 is 19.5 Å². The van der Waals surface area contributed by atoms with Crippen molar-refractivity contribution in [3.8, 4) is 22.9 Å². The molecular weight excluding hydrogens is 466 g/mol. The summed E-state index contributed by atoms with van der Waals surface area (Å²) in [6, 6.07) is 14.3. The number of hydrogen-bond acceptors (Lipinski definition) is 7. The molecule has 8 heteroatoms. The van der Waals surface area contributed by atoms with Gasteiger partial charge in [-0.1, -0.05) is 35.9 Å². The van der Waals surface area contributed by atoms with Crippen LogP contribution in [0.1, 0.15) is 48.8 Å². The van der Waals surface area contributed by atoms with Gasteiger partial charge in [-0.05, 0) is 38.3 Å². The van der Waals surface area contributed by atoms with E-state index in [2.05, 4.69) is 48.4 Å². The molecule has 1 aliphatic carbocycles. The van der Waals surface area contributed by atoms with Gasteiger partial charge in [-0.2, -0.15) is 0 Å². The van der Waals surface area contributed by atoms with Crippen LogP contribution in [0.25, 0.3) is 11.8 Å². The summed E-state index contributed by atoms with van der Waals surface area (Å²) in [5, 5.41) is 3.46. The maximum absolute atomic E-state index is 5.51. The Morgan fingerprint density at radius 1 is 1.00 bits per heavy atom. The van der Waals surface area contributed by atoms with Crippen LogP contribution in [0.5, 0.6) is 17.2 Å². The number of nitrogens with zero attached hydrogens (tertiary/aromatic N) is 4. The van der Waals surface area contributed by atoms with Crippen LogP contribution in [0.3, 0.4) is 0 Å². The second-order valence-corrected chi connectivity index (χ2v) is 9.19. The molecule has 190 valence electrons. The van der Waals surface area contributed by atoms with Gasteiger partial charge in [0.1, 0.15) is 18.0 Å². The number of fused-ring (bicyclic) bond motifs is 1. The summed E-state index contributed by atoms with van der Waals surface area (Å²) in [5.74, 6) is 4.13. The van der Waals surface area contributed by atoms with E-state index in [0.29, 0.717) is 28.9 Å². The highest BCUT2D eigenvalue weighted by Gasteiger charge is 2.29. The smallest absolute Gasteiger partial charge is 0.203 e. The van der Waals surface area contributed by atoms with E-state index >= 15 is 0 Å². The average molecular weight is 498 g/mol. The molecule has 0 spiro atoms. The molecule has 0 saturated carbocycles. The summed E-state index contributed by atoms with van der Waals surface area (Å²) in [6.07, 6.45) is 7.58. The summed E-state index contributed by atoms with van der Waals surface area (Å²) < 4.78 is 18.4. The lowest BCUT2D eigenvalue weighted by molar-refractivity contribution is 0.324. The maximum atomic E-state index is 5.51. The molecule has 1 aliphatic rings. The fraction of sp³-hybridized carbons (Fsp3) is 0.276. The van der Waals surface area contributed by atoms with E-state index in [4.69, 9.17) is 24.2 Å². The standard InChI is InChI=1S/C29H31N5O3/c1-18(2)13-25-31-27-21(19-9-7-6-8-10-19)11-12-22(27)29(32-25)33-26-16-34(17-30-26)20-14-23(35-3)28(37-5)24(15-20)36-4/h6-10,13-17,21H,11-12H2,1-5H3,(H,31,32,33). The number of rotatable bonds is 8. The summed E-state index contributed by atoms with van der Waals surface area (Å²) in [4.78, 5) is 14.4. The topological polar surface area (TPSA) is 83.3 Å². The highest BCUT2D eigenvalue weighted by atomic mass is 16.5. The summed E-state index contributed by atoms with van der Waals surface area (Å²) in [7, 11) is 4.79. The summed E-state index contributed by atoms with van der Waals surface area (Å²) in [6.45, 7) is 4.11. The van der Waals surface area contributed by atoms with Gasteiger partial charge >= 0.3 is 0 Å². The molecular formula is C29H31N5O3. The van der Waals surface area contributed by atoms with Crippen LogP contribution >= 0.6 is 0 Å². The van der Waals surface area contributed by atoms with Crippen LogP contribution in [-0.4, -0.2) is 40.8 Å².